The second-order valence-electron chi connectivity index (χ2n) is 7.04. The number of H-pyrrole nitrogens is 1. The van der Waals surface area contributed by atoms with E-state index in [9.17, 15) is 13.9 Å². The lowest BCUT2D eigenvalue weighted by atomic mass is 9.93. The Labute approximate surface area is 169 Å². The summed E-state index contributed by atoms with van der Waals surface area (Å²) >= 11 is 6.10. The predicted octanol–water partition coefficient (Wildman–Crippen LogP) is 4.08. The molecule has 29 heavy (non-hydrogen) atoms. The molecule has 1 aliphatic heterocycles. The Morgan fingerprint density at radius 2 is 2.14 bits per heavy atom. The van der Waals surface area contributed by atoms with Crippen LogP contribution in [-0.2, 0) is 4.74 Å². The molecule has 0 saturated heterocycles. The first-order valence-corrected chi connectivity index (χ1v) is 9.10. The molecular formula is C19H17ClF2N4O3. The zero-order valence-electron chi connectivity index (χ0n) is 15.3. The third-order valence-corrected chi connectivity index (χ3v) is 4.79. The van der Waals surface area contributed by atoms with Crippen LogP contribution in [0.5, 0.6) is 11.5 Å². The maximum atomic E-state index is 14.6. The molecule has 1 atom stereocenters. The van der Waals surface area contributed by atoms with Crippen LogP contribution in [-0.4, -0.2) is 40.9 Å². The fourth-order valence-electron chi connectivity index (χ4n) is 2.80. The van der Waals surface area contributed by atoms with Gasteiger partial charge in [0.1, 0.15) is 18.0 Å². The smallest absolute Gasteiger partial charge is 0.289 e. The van der Waals surface area contributed by atoms with Gasteiger partial charge in [-0.1, -0.05) is 18.5 Å². The number of aromatic amines is 1. The Morgan fingerprint density at radius 3 is 2.79 bits per heavy atom. The van der Waals surface area contributed by atoms with Gasteiger partial charge in [0.15, 0.2) is 17.4 Å². The van der Waals surface area contributed by atoms with Crippen LogP contribution in [0.1, 0.15) is 6.92 Å². The van der Waals surface area contributed by atoms with Crippen molar-refractivity contribution in [1.29, 1.82) is 0 Å². The van der Waals surface area contributed by atoms with E-state index in [0.29, 0.717) is 22.6 Å². The third kappa shape index (κ3) is 3.83. The van der Waals surface area contributed by atoms with Crippen molar-refractivity contribution >= 4 is 34.3 Å². The van der Waals surface area contributed by atoms with Crippen molar-refractivity contribution in [3.8, 4) is 11.5 Å². The number of nitrogens with one attached hydrogen (secondary N) is 2. The number of anilines is 1. The molecule has 3 heterocycles. The number of ether oxygens (including phenoxy) is 2. The van der Waals surface area contributed by atoms with Crippen molar-refractivity contribution in [2.24, 2.45) is 10.4 Å². The minimum atomic E-state index is -0.916. The summed E-state index contributed by atoms with van der Waals surface area (Å²) < 4.78 is 40.1. The van der Waals surface area contributed by atoms with Gasteiger partial charge in [-0.05, 0) is 6.07 Å². The molecule has 3 N–H and O–H groups in total. The van der Waals surface area contributed by atoms with E-state index in [-0.39, 0.29) is 30.7 Å². The largest absolute Gasteiger partial charge is 0.464 e. The number of hydrogen-bond donors (Lipinski definition) is 3. The molecule has 1 aliphatic rings. The highest BCUT2D eigenvalue weighted by Crippen LogP contribution is 2.36. The van der Waals surface area contributed by atoms with Gasteiger partial charge in [-0.2, -0.15) is 0 Å². The number of aromatic nitrogens is 2. The Bertz CT molecular complexity index is 1080. The highest BCUT2D eigenvalue weighted by Gasteiger charge is 2.29. The van der Waals surface area contributed by atoms with Crippen molar-refractivity contribution in [3.63, 3.8) is 0 Å². The molecule has 0 radical (unpaired) electrons. The number of aliphatic hydroxyl groups excluding tert-OH is 1. The zero-order valence-corrected chi connectivity index (χ0v) is 16.1. The quantitative estimate of drug-likeness (QED) is 0.589. The maximum absolute atomic E-state index is 14.6. The molecule has 7 nitrogen and oxygen atoms in total. The van der Waals surface area contributed by atoms with Gasteiger partial charge in [-0.15, -0.1) is 0 Å². The second-order valence-corrected chi connectivity index (χ2v) is 7.45. The number of fused-ring (bicyclic) bond motifs is 1. The highest BCUT2D eigenvalue weighted by molar-refractivity contribution is 6.36. The summed E-state index contributed by atoms with van der Waals surface area (Å²) in [4.78, 5) is 11.1. The topological polar surface area (TPSA) is 91.8 Å². The van der Waals surface area contributed by atoms with Crippen molar-refractivity contribution in [2.75, 3.05) is 25.1 Å². The van der Waals surface area contributed by atoms with Crippen LogP contribution in [0.4, 0.5) is 14.5 Å². The summed E-state index contributed by atoms with van der Waals surface area (Å²) in [7, 11) is 0. The van der Waals surface area contributed by atoms with E-state index in [4.69, 9.17) is 21.1 Å². The van der Waals surface area contributed by atoms with Gasteiger partial charge in [-0.3, -0.25) is 0 Å². The average Bonchev–Trinajstić information content (AvgIpc) is 3.09. The Balaban J connectivity index is 1.57. The first-order valence-electron chi connectivity index (χ1n) is 8.72. The molecule has 2 aromatic heterocycles. The summed E-state index contributed by atoms with van der Waals surface area (Å²) in [5.74, 6) is -2.23. The molecule has 10 heteroatoms. The summed E-state index contributed by atoms with van der Waals surface area (Å²) in [5.41, 5.74) is 0.0709. The summed E-state index contributed by atoms with van der Waals surface area (Å²) in [6.07, 6.45) is 2.95. The molecule has 1 aromatic carbocycles. The van der Waals surface area contributed by atoms with E-state index in [0.717, 1.165) is 12.1 Å². The Morgan fingerprint density at radius 1 is 1.38 bits per heavy atom. The third-order valence-electron chi connectivity index (χ3n) is 4.49. The first kappa shape index (κ1) is 19.4. The molecule has 152 valence electrons. The SMILES string of the molecule is CC1(CO)CN=C(Nc2cc(F)c(Oc3ccnc4[nH]cc(Cl)c34)c(F)c2)OC1. The number of amidine groups is 1. The van der Waals surface area contributed by atoms with Crippen LogP contribution in [0.3, 0.4) is 0 Å². The molecule has 4 rings (SSSR count). The van der Waals surface area contributed by atoms with Gasteiger partial charge in [0, 0.05) is 35.6 Å². The molecule has 0 saturated carbocycles. The average molecular weight is 423 g/mol. The number of nitrogens with zero attached hydrogens (tertiary/aromatic N) is 2. The molecule has 0 fully saturated rings. The van der Waals surface area contributed by atoms with Crippen molar-refractivity contribution in [1.82, 2.24) is 9.97 Å². The van der Waals surface area contributed by atoms with E-state index in [1.807, 2.05) is 6.92 Å². The fraction of sp³-hybridized carbons (Fsp3) is 0.263. The number of hydrogen-bond acceptors (Lipinski definition) is 6. The van der Waals surface area contributed by atoms with Crippen LogP contribution in [0.25, 0.3) is 11.0 Å². The molecule has 3 aromatic rings. The first-order chi connectivity index (χ1) is 13.9. The van der Waals surface area contributed by atoms with Gasteiger partial charge in [-0.25, -0.2) is 18.8 Å². The number of halogens is 3. The van der Waals surface area contributed by atoms with Gasteiger partial charge < -0.3 is 24.9 Å². The molecule has 1 unspecified atom stereocenters. The van der Waals surface area contributed by atoms with Crippen molar-refractivity contribution < 1.29 is 23.4 Å². The van der Waals surface area contributed by atoms with Gasteiger partial charge in [0.25, 0.3) is 6.02 Å². The summed E-state index contributed by atoms with van der Waals surface area (Å²) in [5, 5.41) is 12.8. The van der Waals surface area contributed by atoms with Crippen LogP contribution in [0.2, 0.25) is 5.02 Å². The van der Waals surface area contributed by atoms with Crippen LogP contribution in [0.15, 0.2) is 35.6 Å². The van der Waals surface area contributed by atoms with Crippen LogP contribution >= 0.6 is 11.6 Å². The summed E-state index contributed by atoms with van der Waals surface area (Å²) in [6.45, 7) is 2.31. The van der Waals surface area contributed by atoms with Gasteiger partial charge in [0.05, 0.1) is 23.6 Å². The number of pyridine rings is 1. The highest BCUT2D eigenvalue weighted by atomic mass is 35.5. The van der Waals surface area contributed by atoms with E-state index in [1.54, 1.807) is 0 Å². The van der Waals surface area contributed by atoms with E-state index in [2.05, 4.69) is 20.3 Å². The van der Waals surface area contributed by atoms with Gasteiger partial charge in [0.2, 0.25) is 0 Å². The minimum Gasteiger partial charge on any atom is -0.464 e. The lowest BCUT2D eigenvalue weighted by Crippen LogP contribution is -2.38. The number of rotatable bonds is 4. The van der Waals surface area contributed by atoms with Crippen LogP contribution in [0, 0.1) is 17.0 Å². The molecule has 0 amide bonds. The van der Waals surface area contributed by atoms with Gasteiger partial charge >= 0.3 is 0 Å². The zero-order chi connectivity index (χ0) is 20.6. The van der Waals surface area contributed by atoms with Crippen molar-refractivity contribution in [3.05, 3.63) is 47.2 Å². The predicted molar refractivity (Wildman–Crippen MR) is 105 cm³/mol. The van der Waals surface area contributed by atoms with E-state index in [1.165, 1.54) is 18.5 Å². The lowest BCUT2D eigenvalue weighted by molar-refractivity contribution is 0.0706. The minimum absolute atomic E-state index is 0.0769. The van der Waals surface area contributed by atoms with E-state index < -0.39 is 22.8 Å². The fourth-order valence-corrected chi connectivity index (χ4v) is 3.04. The van der Waals surface area contributed by atoms with E-state index >= 15 is 0 Å². The Hall–Kier alpha value is -2.91. The lowest BCUT2D eigenvalue weighted by Gasteiger charge is -2.30. The molecule has 0 aliphatic carbocycles. The molecule has 0 spiro atoms. The number of aliphatic imine (C=N–C) groups is 1. The number of aliphatic hydroxyl groups is 1. The standard InChI is InChI=1S/C19H17ClF2N4O3/c1-19(8-27)7-25-18(28-9-19)26-10-4-12(21)16(13(22)5-10)29-14-2-3-23-17-15(14)11(20)6-24-17/h2-6,27H,7-9H2,1H3,(H,23,24)(H,25,26). The van der Waals surface area contributed by atoms with Crippen molar-refractivity contribution in [2.45, 2.75) is 6.92 Å². The molecule has 0 bridgehead atoms. The summed E-state index contributed by atoms with van der Waals surface area (Å²) in [6, 6.07) is 3.73. The maximum Gasteiger partial charge on any atom is 0.289 e. The second kappa shape index (κ2) is 7.49. The normalized spacial score (nSPS) is 19.0. The number of benzene rings is 1. The van der Waals surface area contributed by atoms with Crippen LogP contribution < -0.4 is 10.1 Å². The monoisotopic (exact) mass is 422 g/mol. The molecular weight excluding hydrogens is 406 g/mol. The Kier molecular flexibility index (Phi) is 5.01.